The van der Waals surface area contributed by atoms with Crippen molar-refractivity contribution in [2.24, 2.45) is 0 Å². The van der Waals surface area contributed by atoms with Crippen molar-refractivity contribution in [1.29, 1.82) is 0 Å². The Bertz CT molecular complexity index is 343. The zero-order valence-corrected chi connectivity index (χ0v) is 11.8. The van der Waals surface area contributed by atoms with Gasteiger partial charge in [0.2, 0.25) is 0 Å². The van der Waals surface area contributed by atoms with Gasteiger partial charge in [-0.2, -0.15) is 0 Å². The molecule has 1 aromatic rings. The topological polar surface area (TPSA) is 21.3 Å². The number of hydrogen-bond acceptors (Lipinski definition) is 2. The summed E-state index contributed by atoms with van der Waals surface area (Å²) in [4.78, 5) is 0. The predicted molar refractivity (Wildman–Crippen MR) is 73.1 cm³/mol. The molecule has 0 saturated carbocycles. The smallest absolute Gasteiger partial charge is 0.123 e. The minimum Gasteiger partial charge on any atom is -0.367 e. The molecule has 1 unspecified atom stereocenters. The number of ether oxygens (including phenoxy) is 1. The molecule has 0 saturated heterocycles. The van der Waals surface area contributed by atoms with Crippen LogP contribution < -0.4 is 5.32 Å². The van der Waals surface area contributed by atoms with Crippen molar-refractivity contribution in [3.05, 3.63) is 35.6 Å². The van der Waals surface area contributed by atoms with E-state index in [0.29, 0.717) is 0 Å². The van der Waals surface area contributed by atoms with E-state index in [9.17, 15) is 4.39 Å². The van der Waals surface area contributed by atoms with Gasteiger partial charge in [0.05, 0.1) is 11.7 Å². The third-order valence-electron chi connectivity index (χ3n) is 2.49. The van der Waals surface area contributed by atoms with E-state index in [2.05, 4.69) is 12.2 Å². The molecule has 0 spiro atoms. The van der Waals surface area contributed by atoms with Gasteiger partial charge in [0.1, 0.15) is 5.82 Å². The van der Waals surface area contributed by atoms with E-state index in [4.69, 9.17) is 4.74 Å². The molecule has 0 aliphatic carbocycles. The molecule has 0 bridgehead atoms. The van der Waals surface area contributed by atoms with Gasteiger partial charge in [-0.05, 0) is 51.4 Å². The second kappa shape index (κ2) is 6.86. The van der Waals surface area contributed by atoms with Crippen molar-refractivity contribution in [1.82, 2.24) is 5.32 Å². The maximum absolute atomic E-state index is 12.9. The first-order valence-corrected chi connectivity index (χ1v) is 6.56. The van der Waals surface area contributed by atoms with Crippen LogP contribution in [0.2, 0.25) is 0 Å². The molecule has 3 heteroatoms. The molecule has 0 aliphatic rings. The van der Waals surface area contributed by atoms with Crippen LogP contribution in [-0.4, -0.2) is 18.7 Å². The highest BCUT2D eigenvalue weighted by atomic mass is 19.1. The zero-order chi connectivity index (χ0) is 13.6. The molecule has 102 valence electrons. The minimum absolute atomic E-state index is 0.0443. The second-order valence-electron chi connectivity index (χ2n) is 5.47. The van der Waals surface area contributed by atoms with Gasteiger partial charge in [-0.3, -0.25) is 0 Å². The quantitative estimate of drug-likeness (QED) is 0.781. The van der Waals surface area contributed by atoms with E-state index in [1.54, 1.807) is 12.1 Å². The highest BCUT2D eigenvalue weighted by Crippen LogP contribution is 2.23. The van der Waals surface area contributed by atoms with Crippen molar-refractivity contribution in [3.8, 4) is 0 Å². The van der Waals surface area contributed by atoms with Crippen LogP contribution in [0.5, 0.6) is 0 Å². The second-order valence-corrected chi connectivity index (χ2v) is 5.47. The molecule has 1 atom stereocenters. The Labute approximate surface area is 110 Å². The van der Waals surface area contributed by atoms with Crippen molar-refractivity contribution in [2.45, 2.75) is 45.8 Å². The Balaban J connectivity index is 2.72. The number of hydrogen-bond donors (Lipinski definition) is 1. The fraction of sp³-hybridized carbons (Fsp3) is 0.600. The van der Waals surface area contributed by atoms with Crippen LogP contribution in [0.4, 0.5) is 4.39 Å². The van der Waals surface area contributed by atoms with Crippen LogP contribution in [0.15, 0.2) is 24.3 Å². The lowest BCUT2D eigenvalue weighted by molar-refractivity contribution is -0.0605. The summed E-state index contributed by atoms with van der Waals surface area (Å²) in [6, 6.07) is 6.54. The fourth-order valence-corrected chi connectivity index (χ4v) is 1.74. The first kappa shape index (κ1) is 15.1. The Hall–Kier alpha value is -0.930. The van der Waals surface area contributed by atoms with Crippen LogP contribution in [0, 0.1) is 5.82 Å². The SMILES string of the molecule is CCCNCC(OC(C)(C)C)c1ccc(F)cc1. The van der Waals surface area contributed by atoms with Gasteiger partial charge in [-0.25, -0.2) is 4.39 Å². The number of benzene rings is 1. The van der Waals surface area contributed by atoms with E-state index < -0.39 is 0 Å². The Morgan fingerprint density at radius 2 is 1.83 bits per heavy atom. The molecule has 0 amide bonds. The van der Waals surface area contributed by atoms with E-state index in [1.807, 2.05) is 20.8 Å². The lowest BCUT2D eigenvalue weighted by atomic mass is 10.1. The van der Waals surface area contributed by atoms with Crippen molar-refractivity contribution in [2.75, 3.05) is 13.1 Å². The lowest BCUT2D eigenvalue weighted by Crippen LogP contribution is -2.30. The molecule has 1 rings (SSSR count). The Morgan fingerprint density at radius 1 is 1.22 bits per heavy atom. The van der Waals surface area contributed by atoms with Gasteiger partial charge in [-0.15, -0.1) is 0 Å². The molecular formula is C15H24FNO. The molecule has 0 aromatic heterocycles. The predicted octanol–water partition coefficient (Wildman–Crippen LogP) is 3.68. The summed E-state index contributed by atoms with van der Waals surface area (Å²) >= 11 is 0. The first-order valence-electron chi connectivity index (χ1n) is 6.56. The Kier molecular flexibility index (Phi) is 5.76. The molecule has 0 aliphatic heterocycles. The highest BCUT2D eigenvalue weighted by molar-refractivity contribution is 5.19. The summed E-state index contributed by atoms with van der Waals surface area (Å²) < 4.78 is 19.0. The van der Waals surface area contributed by atoms with E-state index in [1.165, 1.54) is 12.1 Å². The van der Waals surface area contributed by atoms with Crippen LogP contribution in [-0.2, 0) is 4.74 Å². The summed E-state index contributed by atoms with van der Waals surface area (Å²) in [5.41, 5.74) is 0.794. The number of rotatable bonds is 6. The average molecular weight is 253 g/mol. The fourth-order valence-electron chi connectivity index (χ4n) is 1.74. The molecule has 2 nitrogen and oxygen atoms in total. The van der Waals surface area contributed by atoms with Crippen LogP contribution in [0.1, 0.15) is 45.8 Å². The molecular weight excluding hydrogens is 229 g/mol. The average Bonchev–Trinajstić information content (AvgIpc) is 2.27. The summed E-state index contributed by atoms with van der Waals surface area (Å²) in [5.74, 6) is -0.213. The summed E-state index contributed by atoms with van der Waals surface area (Å²) in [5, 5.41) is 3.35. The minimum atomic E-state index is -0.215. The van der Waals surface area contributed by atoms with Gasteiger partial charge in [0, 0.05) is 6.54 Å². The van der Waals surface area contributed by atoms with Crippen molar-refractivity contribution < 1.29 is 9.13 Å². The van der Waals surface area contributed by atoms with Gasteiger partial charge in [-0.1, -0.05) is 19.1 Å². The highest BCUT2D eigenvalue weighted by Gasteiger charge is 2.20. The third kappa shape index (κ3) is 5.61. The first-order chi connectivity index (χ1) is 8.42. The van der Waals surface area contributed by atoms with Crippen molar-refractivity contribution >= 4 is 0 Å². The summed E-state index contributed by atoms with van der Waals surface area (Å²) in [7, 11) is 0. The van der Waals surface area contributed by atoms with E-state index in [-0.39, 0.29) is 17.5 Å². The van der Waals surface area contributed by atoms with Crippen LogP contribution in [0.25, 0.3) is 0 Å². The third-order valence-corrected chi connectivity index (χ3v) is 2.49. The maximum Gasteiger partial charge on any atom is 0.123 e. The monoisotopic (exact) mass is 253 g/mol. The molecule has 0 fully saturated rings. The maximum atomic E-state index is 12.9. The van der Waals surface area contributed by atoms with E-state index >= 15 is 0 Å². The number of nitrogens with one attached hydrogen (secondary N) is 1. The molecule has 1 aromatic carbocycles. The Morgan fingerprint density at radius 3 is 2.33 bits per heavy atom. The molecule has 1 N–H and O–H groups in total. The van der Waals surface area contributed by atoms with Gasteiger partial charge in [0.25, 0.3) is 0 Å². The summed E-state index contributed by atoms with van der Waals surface area (Å²) in [6.07, 6.45) is 1.04. The van der Waals surface area contributed by atoms with Gasteiger partial charge < -0.3 is 10.1 Å². The van der Waals surface area contributed by atoms with Gasteiger partial charge in [0.15, 0.2) is 0 Å². The molecule has 0 heterocycles. The largest absolute Gasteiger partial charge is 0.367 e. The zero-order valence-electron chi connectivity index (χ0n) is 11.8. The van der Waals surface area contributed by atoms with E-state index in [0.717, 1.165) is 25.1 Å². The molecule has 0 radical (unpaired) electrons. The summed E-state index contributed by atoms with van der Waals surface area (Å²) in [6.45, 7) is 9.93. The van der Waals surface area contributed by atoms with Crippen LogP contribution >= 0.6 is 0 Å². The van der Waals surface area contributed by atoms with Crippen molar-refractivity contribution in [3.63, 3.8) is 0 Å². The normalized spacial score (nSPS) is 13.6. The standard InChI is InChI=1S/C15H24FNO/c1-5-10-17-11-14(18-15(2,3)4)12-6-8-13(16)9-7-12/h6-9,14,17H,5,10-11H2,1-4H3. The lowest BCUT2D eigenvalue weighted by Gasteiger charge is -2.28. The molecule has 18 heavy (non-hydrogen) atoms. The van der Waals surface area contributed by atoms with Gasteiger partial charge >= 0.3 is 0 Å². The number of halogens is 1. The van der Waals surface area contributed by atoms with Crippen LogP contribution in [0.3, 0.4) is 0 Å².